The summed E-state index contributed by atoms with van der Waals surface area (Å²) in [6.45, 7) is 3.50. The van der Waals surface area contributed by atoms with Crippen molar-refractivity contribution in [3.63, 3.8) is 0 Å². The molecule has 6 heteroatoms. The Bertz CT molecular complexity index is 1070. The van der Waals surface area contributed by atoms with Crippen LogP contribution in [0.2, 0.25) is 5.02 Å². The summed E-state index contributed by atoms with van der Waals surface area (Å²) in [5, 5.41) is 0.672. The van der Waals surface area contributed by atoms with Crippen molar-refractivity contribution in [1.29, 1.82) is 0 Å². The minimum absolute atomic E-state index is 0.271. The predicted octanol–water partition coefficient (Wildman–Crippen LogP) is 5.15. The van der Waals surface area contributed by atoms with Crippen molar-refractivity contribution in [3.05, 3.63) is 71.5 Å². The van der Waals surface area contributed by atoms with Gasteiger partial charge in [-0.2, -0.15) is 0 Å². The van der Waals surface area contributed by atoms with E-state index in [-0.39, 0.29) is 5.82 Å². The summed E-state index contributed by atoms with van der Waals surface area (Å²) in [6, 6.07) is 12.4. The number of hydrogen-bond acceptors (Lipinski definition) is 2. The fraction of sp³-hybridized carbons (Fsp3) is 0.200. The maximum Gasteiger partial charge on any atom is 0.140 e. The SMILES string of the molecule is CCCn1c(Cn2ccnc2-c2cccc(Cl)c2)nc2cc(F)ccc21. The number of hydrogen-bond donors (Lipinski definition) is 0. The van der Waals surface area contributed by atoms with Crippen molar-refractivity contribution in [1.82, 2.24) is 19.1 Å². The number of aromatic nitrogens is 4. The molecular formula is C20H18ClFN4. The van der Waals surface area contributed by atoms with Gasteiger partial charge in [0.25, 0.3) is 0 Å². The third-order valence-electron chi connectivity index (χ3n) is 4.35. The van der Waals surface area contributed by atoms with Gasteiger partial charge in [0.15, 0.2) is 0 Å². The van der Waals surface area contributed by atoms with Gasteiger partial charge in [-0.25, -0.2) is 14.4 Å². The van der Waals surface area contributed by atoms with Crippen LogP contribution in [0, 0.1) is 5.82 Å². The molecule has 0 aliphatic heterocycles. The van der Waals surface area contributed by atoms with Crippen LogP contribution in [-0.4, -0.2) is 19.1 Å². The molecule has 2 aromatic carbocycles. The minimum Gasteiger partial charge on any atom is -0.326 e. The van der Waals surface area contributed by atoms with Crippen LogP contribution in [0.1, 0.15) is 19.2 Å². The first-order chi connectivity index (χ1) is 12.7. The quantitative estimate of drug-likeness (QED) is 0.488. The van der Waals surface area contributed by atoms with E-state index < -0.39 is 0 Å². The van der Waals surface area contributed by atoms with E-state index in [9.17, 15) is 4.39 Å². The Hall–Kier alpha value is -2.66. The number of imidazole rings is 2. The van der Waals surface area contributed by atoms with Crippen LogP contribution in [0.15, 0.2) is 54.9 Å². The molecule has 2 aromatic heterocycles. The van der Waals surface area contributed by atoms with Crippen LogP contribution < -0.4 is 0 Å². The molecule has 0 spiro atoms. The lowest BCUT2D eigenvalue weighted by molar-refractivity contribution is 0.625. The van der Waals surface area contributed by atoms with E-state index in [1.54, 1.807) is 12.3 Å². The first-order valence-corrected chi connectivity index (χ1v) is 8.95. The molecule has 0 saturated carbocycles. The van der Waals surface area contributed by atoms with E-state index in [1.807, 2.05) is 35.0 Å². The van der Waals surface area contributed by atoms with E-state index in [4.69, 9.17) is 11.6 Å². The van der Waals surface area contributed by atoms with Gasteiger partial charge in [0.1, 0.15) is 17.5 Å². The fourth-order valence-electron chi connectivity index (χ4n) is 3.22. The van der Waals surface area contributed by atoms with E-state index in [1.165, 1.54) is 12.1 Å². The summed E-state index contributed by atoms with van der Waals surface area (Å²) in [4.78, 5) is 9.14. The molecule has 0 unspecified atom stereocenters. The van der Waals surface area contributed by atoms with Crippen LogP contribution in [0.3, 0.4) is 0 Å². The number of halogens is 2. The van der Waals surface area contributed by atoms with Crippen molar-refractivity contribution >= 4 is 22.6 Å². The van der Waals surface area contributed by atoms with Gasteiger partial charge < -0.3 is 9.13 Å². The monoisotopic (exact) mass is 368 g/mol. The Balaban J connectivity index is 1.77. The molecule has 4 rings (SSSR count). The molecule has 0 atom stereocenters. The van der Waals surface area contributed by atoms with Gasteiger partial charge in [0, 0.05) is 35.6 Å². The number of nitrogens with zero attached hydrogens (tertiary/aromatic N) is 4. The van der Waals surface area contributed by atoms with Crippen LogP contribution in [-0.2, 0) is 13.1 Å². The average Bonchev–Trinajstić information content (AvgIpc) is 3.20. The lowest BCUT2D eigenvalue weighted by atomic mass is 10.2. The molecule has 0 aliphatic rings. The second kappa shape index (κ2) is 6.92. The molecule has 4 aromatic rings. The number of benzene rings is 2. The van der Waals surface area contributed by atoms with E-state index in [0.29, 0.717) is 17.1 Å². The Morgan fingerprint density at radius 1 is 1.15 bits per heavy atom. The smallest absolute Gasteiger partial charge is 0.140 e. The molecule has 4 nitrogen and oxygen atoms in total. The van der Waals surface area contributed by atoms with Gasteiger partial charge in [0.05, 0.1) is 17.6 Å². The third kappa shape index (κ3) is 3.10. The van der Waals surface area contributed by atoms with Crippen LogP contribution >= 0.6 is 11.6 Å². The minimum atomic E-state index is -0.271. The maximum absolute atomic E-state index is 13.6. The van der Waals surface area contributed by atoms with Crippen molar-refractivity contribution in [3.8, 4) is 11.4 Å². The molecule has 0 aliphatic carbocycles. The van der Waals surface area contributed by atoms with Gasteiger partial charge in [-0.15, -0.1) is 0 Å². The molecule has 0 fully saturated rings. The topological polar surface area (TPSA) is 35.6 Å². The van der Waals surface area contributed by atoms with E-state index >= 15 is 0 Å². The number of rotatable bonds is 5. The normalized spacial score (nSPS) is 11.3. The van der Waals surface area contributed by atoms with Crippen molar-refractivity contribution in [2.45, 2.75) is 26.4 Å². The van der Waals surface area contributed by atoms with Crippen molar-refractivity contribution in [2.75, 3.05) is 0 Å². The van der Waals surface area contributed by atoms with Crippen LogP contribution in [0.4, 0.5) is 4.39 Å². The van der Waals surface area contributed by atoms with Crippen molar-refractivity contribution < 1.29 is 4.39 Å². The zero-order chi connectivity index (χ0) is 18.1. The average molecular weight is 369 g/mol. The van der Waals surface area contributed by atoms with Gasteiger partial charge >= 0.3 is 0 Å². The second-order valence-electron chi connectivity index (χ2n) is 6.20. The highest BCUT2D eigenvalue weighted by molar-refractivity contribution is 6.30. The van der Waals surface area contributed by atoms with Gasteiger partial charge in [-0.1, -0.05) is 30.7 Å². The van der Waals surface area contributed by atoms with E-state index in [0.717, 1.165) is 35.7 Å². The molecule has 0 bridgehead atoms. The van der Waals surface area contributed by atoms with Gasteiger partial charge in [-0.05, 0) is 30.7 Å². The lowest BCUT2D eigenvalue weighted by Crippen LogP contribution is -2.09. The molecule has 0 N–H and O–H groups in total. The highest BCUT2D eigenvalue weighted by Crippen LogP contribution is 2.24. The highest BCUT2D eigenvalue weighted by Gasteiger charge is 2.14. The zero-order valence-corrected chi connectivity index (χ0v) is 15.1. The number of aryl methyl sites for hydroxylation is 1. The molecule has 0 radical (unpaired) electrons. The highest BCUT2D eigenvalue weighted by atomic mass is 35.5. The van der Waals surface area contributed by atoms with Crippen LogP contribution in [0.25, 0.3) is 22.4 Å². The summed E-state index contributed by atoms with van der Waals surface area (Å²) in [6.07, 6.45) is 4.66. The standard InChI is InChI=1S/C20H18ClFN4/c1-2-9-26-18-7-6-16(22)12-17(18)24-19(26)13-25-10-8-23-20(25)14-4-3-5-15(21)11-14/h3-8,10-12H,2,9,13H2,1H3. The lowest BCUT2D eigenvalue weighted by Gasteiger charge is -2.11. The molecule has 0 amide bonds. The first kappa shape index (κ1) is 16.8. The summed E-state index contributed by atoms with van der Waals surface area (Å²) >= 11 is 6.12. The Morgan fingerprint density at radius 2 is 2.04 bits per heavy atom. The van der Waals surface area contributed by atoms with Crippen LogP contribution in [0.5, 0.6) is 0 Å². The molecule has 132 valence electrons. The van der Waals surface area contributed by atoms with Crippen molar-refractivity contribution in [2.24, 2.45) is 0 Å². The Kier molecular flexibility index (Phi) is 4.47. The molecule has 26 heavy (non-hydrogen) atoms. The van der Waals surface area contributed by atoms with E-state index in [2.05, 4.69) is 21.5 Å². The summed E-state index contributed by atoms with van der Waals surface area (Å²) in [7, 11) is 0. The Labute approximate surface area is 155 Å². The maximum atomic E-state index is 13.6. The fourth-order valence-corrected chi connectivity index (χ4v) is 3.41. The summed E-state index contributed by atoms with van der Waals surface area (Å²) in [5.41, 5.74) is 2.58. The summed E-state index contributed by atoms with van der Waals surface area (Å²) < 4.78 is 17.8. The second-order valence-corrected chi connectivity index (χ2v) is 6.64. The largest absolute Gasteiger partial charge is 0.326 e. The summed E-state index contributed by atoms with van der Waals surface area (Å²) in [5.74, 6) is 1.44. The van der Waals surface area contributed by atoms with Gasteiger partial charge in [0.2, 0.25) is 0 Å². The molecule has 0 saturated heterocycles. The zero-order valence-electron chi connectivity index (χ0n) is 14.4. The molecule has 2 heterocycles. The third-order valence-corrected chi connectivity index (χ3v) is 4.58. The van der Waals surface area contributed by atoms with Gasteiger partial charge in [-0.3, -0.25) is 0 Å². The first-order valence-electron chi connectivity index (χ1n) is 8.57. The number of fused-ring (bicyclic) bond motifs is 1. The molecular weight excluding hydrogens is 351 g/mol. The Morgan fingerprint density at radius 3 is 2.85 bits per heavy atom. The predicted molar refractivity (Wildman–Crippen MR) is 102 cm³/mol.